The SMILES string of the molecule is Cc1c(NC(=O)c2c(NC(=O)Cn3cc([N+](=O)[O-])cn3)cnn2C)cnn1C. The fraction of sp³-hybridized carbons (Fsp3) is 0.267. The van der Waals surface area contributed by atoms with Crippen LogP contribution in [0.4, 0.5) is 17.1 Å². The Kier molecular flexibility index (Phi) is 4.89. The summed E-state index contributed by atoms with van der Waals surface area (Å²) in [5.74, 6) is -0.987. The average Bonchev–Trinajstić information content (AvgIpc) is 3.31. The van der Waals surface area contributed by atoms with E-state index in [1.807, 2.05) is 0 Å². The normalized spacial score (nSPS) is 10.7. The molecule has 13 nitrogen and oxygen atoms in total. The van der Waals surface area contributed by atoms with Crippen LogP contribution in [0, 0.1) is 17.0 Å². The topological polar surface area (TPSA) is 155 Å². The van der Waals surface area contributed by atoms with E-state index in [-0.39, 0.29) is 23.6 Å². The van der Waals surface area contributed by atoms with E-state index in [1.54, 1.807) is 25.7 Å². The number of nitro groups is 1. The first-order valence-electron chi connectivity index (χ1n) is 8.05. The van der Waals surface area contributed by atoms with Gasteiger partial charge in [-0.25, -0.2) is 0 Å². The van der Waals surface area contributed by atoms with Crippen molar-refractivity contribution in [1.29, 1.82) is 0 Å². The number of anilines is 2. The first-order chi connectivity index (χ1) is 13.3. The number of rotatable bonds is 6. The maximum atomic E-state index is 12.6. The number of aromatic nitrogens is 6. The molecule has 2 N–H and O–H groups in total. The number of carbonyl (C=O) groups is 2. The third-order valence-electron chi connectivity index (χ3n) is 4.05. The van der Waals surface area contributed by atoms with E-state index in [9.17, 15) is 19.7 Å². The summed E-state index contributed by atoms with van der Waals surface area (Å²) < 4.78 is 4.07. The molecule has 146 valence electrons. The Bertz CT molecular complexity index is 1060. The molecule has 0 fully saturated rings. The molecule has 3 rings (SSSR count). The van der Waals surface area contributed by atoms with Crippen LogP contribution in [0.3, 0.4) is 0 Å². The summed E-state index contributed by atoms with van der Waals surface area (Å²) in [4.78, 5) is 35.0. The summed E-state index contributed by atoms with van der Waals surface area (Å²) in [5, 5.41) is 27.8. The van der Waals surface area contributed by atoms with Gasteiger partial charge in [-0.2, -0.15) is 15.3 Å². The standard InChI is InChI=1S/C15H17N9O4/c1-9-11(5-16-21(9)2)20-15(26)14-12(6-17-22(14)3)19-13(25)8-23-7-10(4-18-23)24(27)28/h4-7H,8H2,1-3H3,(H,19,25)(H,20,26). The highest BCUT2D eigenvalue weighted by Crippen LogP contribution is 2.19. The largest absolute Gasteiger partial charge is 0.321 e. The monoisotopic (exact) mass is 387 g/mol. The molecular formula is C15H17N9O4. The average molecular weight is 387 g/mol. The third-order valence-corrected chi connectivity index (χ3v) is 4.05. The fourth-order valence-corrected chi connectivity index (χ4v) is 2.47. The van der Waals surface area contributed by atoms with Crippen molar-refractivity contribution in [3.63, 3.8) is 0 Å². The molecule has 0 aliphatic carbocycles. The Morgan fingerprint density at radius 3 is 2.36 bits per heavy atom. The van der Waals surface area contributed by atoms with Crippen LogP contribution in [0.5, 0.6) is 0 Å². The number of hydrogen-bond acceptors (Lipinski definition) is 7. The lowest BCUT2D eigenvalue weighted by molar-refractivity contribution is -0.385. The van der Waals surface area contributed by atoms with Gasteiger partial charge in [0.2, 0.25) is 5.91 Å². The lowest BCUT2D eigenvalue weighted by atomic mass is 10.3. The van der Waals surface area contributed by atoms with E-state index in [2.05, 4.69) is 25.9 Å². The van der Waals surface area contributed by atoms with Crippen LogP contribution in [0.25, 0.3) is 0 Å². The summed E-state index contributed by atoms with van der Waals surface area (Å²) >= 11 is 0. The zero-order chi connectivity index (χ0) is 20.4. The quantitative estimate of drug-likeness (QED) is 0.460. The van der Waals surface area contributed by atoms with Crippen LogP contribution in [0.15, 0.2) is 24.8 Å². The molecule has 0 saturated heterocycles. The van der Waals surface area contributed by atoms with E-state index in [1.165, 1.54) is 17.1 Å². The highest BCUT2D eigenvalue weighted by atomic mass is 16.6. The highest BCUT2D eigenvalue weighted by Gasteiger charge is 2.21. The maximum Gasteiger partial charge on any atom is 0.307 e. The molecule has 0 radical (unpaired) electrons. The smallest absolute Gasteiger partial charge is 0.307 e. The van der Waals surface area contributed by atoms with Gasteiger partial charge >= 0.3 is 5.69 Å². The molecule has 0 aromatic carbocycles. The van der Waals surface area contributed by atoms with Crippen molar-refractivity contribution in [2.24, 2.45) is 14.1 Å². The summed E-state index contributed by atoms with van der Waals surface area (Å²) in [7, 11) is 3.32. The minimum atomic E-state index is -0.606. The van der Waals surface area contributed by atoms with Gasteiger partial charge < -0.3 is 10.6 Å². The zero-order valence-corrected chi connectivity index (χ0v) is 15.3. The molecular weight excluding hydrogens is 370 g/mol. The van der Waals surface area contributed by atoms with E-state index in [0.29, 0.717) is 5.69 Å². The van der Waals surface area contributed by atoms with Crippen LogP contribution < -0.4 is 10.6 Å². The van der Waals surface area contributed by atoms with Crippen molar-refractivity contribution in [2.45, 2.75) is 13.5 Å². The minimum absolute atomic E-state index is 0.142. The van der Waals surface area contributed by atoms with Gasteiger partial charge in [0, 0.05) is 14.1 Å². The van der Waals surface area contributed by atoms with E-state index in [0.717, 1.165) is 22.8 Å². The number of aryl methyl sites for hydroxylation is 2. The molecule has 13 heteroatoms. The second kappa shape index (κ2) is 7.30. The van der Waals surface area contributed by atoms with Crippen molar-refractivity contribution in [2.75, 3.05) is 10.6 Å². The van der Waals surface area contributed by atoms with Gasteiger partial charge in [-0.1, -0.05) is 0 Å². The Morgan fingerprint density at radius 1 is 1.07 bits per heavy atom. The second-order valence-electron chi connectivity index (χ2n) is 5.95. The van der Waals surface area contributed by atoms with Gasteiger partial charge in [-0.05, 0) is 6.92 Å². The van der Waals surface area contributed by atoms with Crippen molar-refractivity contribution >= 4 is 28.9 Å². The Labute approximate surface area is 158 Å². The van der Waals surface area contributed by atoms with Gasteiger partial charge in [-0.3, -0.25) is 33.7 Å². The Hall–Kier alpha value is -4.03. The Morgan fingerprint density at radius 2 is 1.75 bits per heavy atom. The van der Waals surface area contributed by atoms with Crippen molar-refractivity contribution in [3.05, 3.63) is 46.3 Å². The second-order valence-corrected chi connectivity index (χ2v) is 5.95. The van der Waals surface area contributed by atoms with Crippen molar-refractivity contribution in [3.8, 4) is 0 Å². The predicted molar refractivity (Wildman–Crippen MR) is 96.6 cm³/mol. The van der Waals surface area contributed by atoms with E-state index >= 15 is 0 Å². The van der Waals surface area contributed by atoms with Crippen LogP contribution in [0.1, 0.15) is 16.2 Å². The summed E-state index contributed by atoms with van der Waals surface area (Å²) in [6.45, 7) is 1.54. The van der Waals surface area contributed by atoms with Crippen molar-refractivity contribution in [1.82, 2.24) is 29.3 Å². The first kappa shape index (κ1) is 18.8. The molecule has 0 unspecified atom stereocenters. The van der Waals surface area contributed by atoms with E-state index in [4.69, 9.17) is 0 Å². The Balaban J connectivity index is 1.72. The molecule has 3 aromatic rings. The molecule has 3 aromatic heterocycles. The molecule has 0 aliphatic heterocycles. The fourth-order valence-electron chi connectivity index (χ4n) is 2.47. The van der Waals surface area contributed by atoms with Gasteiger partial charge in [0.25, 0.3) is 5.91 Å². The van der Waals surface area contributed by atoms with Crippen LogP contribution >= 0.6 is 0 Å². The number of amides is 2. The first-order valence-corrected chi connectivity index (χ1v) is 8.05. The minimum Gasteiger partial charge on any atom is -0.321 e. The lowest BCUT2D eigenvalue weighted by Gasteiger charge is -2.09. The van der Waals surface area contributed by atoms with Gasteiger partial charge in [0.15, 0.2) is 0 Å². The zero-order valence-electron chi connectivity index (χ0n) is 15.3. The molecule has 0 saturated carbocycles. The van der Waals surface area contributed by atoms with E-state index < -0.39 is 16.7 Å². The summed E-state index contributed by atoms with van der Waals surface area (Å²) in [6, 6.07) is 0. The number of nitrogens with zero attached hydrogens (tertiary/aromatic N) is 7. The lowest BCUT2D eigenvalue weighted by Crippen LogP contribution is -2.22. The molecule has 0 aliphatic rings. The third kappa shape index (κ3) is 3.72. The van der Waals surface area contributed by atoms with Gasteiger partial charge in [0.1, 0.15) is 24.6 Å². The molecule has 2 amide bonds. The summed E-state index contributed by atoms with van der Waals surface area (Å²) in [5.41, 5.74) is 1.42. The molecule has 28 heavy (non-hydrogen) atoms. The molecule has 3 heterocycles. The van der Waals surface area contributed by atoms with Crippen LogP contribution in [-0.4, -0.2) is 46.1 Å². The molecule has 0 spiro atoms. The summed E-state index contributed by atoms with van der Waals surface area (Å²) in [6.07, 6.45) is 5.05. The van der Waals surface area contributed by atoms with Crippen LogP contribution in [-0.2, 0) is 25.4 Å². The molecule has 0 atom stereocenters. The van der Waals surface area contributed by atoms with Crippen LogP contribution in [0.2, 0.25) is 0 Å². The predicted octanol–water partition coefficient (Wildman–Crippen LogP) is 0.458. The number of nitrogens with one attached hydrogen (secondary N) is 2. The number of hydrogen-bond donors (Lipinski definition) is 2. The maximum absolute atomic E-state index is 12.6. The van der Waals surface area contributed by atoms with Gasteiger partial charge in [-0.15, -0.1) is 0 Å². The number of carbonyl (C=O) groups excluding carboxylic acids is 2. The molecule has 0 bridgehead atoms. The highest BCUT2D eigenvalue weighted by molar-refractivity contribution is 6.09. The van der Waals surface area contributed by atoms with Crippen molar-refractivity contribution < 1.29 is 14.5 Å². The van der Waals surface area contributed by atoms with Gasteiger partial charge in [0.05, 0.1) is 34.4 Å².